The van der Waals surface area contributed by atoms with Crippen LogP contribution in [-0.4, -0.2) is 5.91 Å². The molecule has 1 amide bonds. The molecule has 1 N–H and O–H groups in total. The second-order valence-corrected chi connectivity index (χ2v) is 7.92. The molecule has 0 saturated carbocycles. The summed E-state index contributed by atoms with van der Waals surface area (Å²) in [5.74, 6) is 0.0876. The number of hydrogen-bond donors (Lipinski definition) is 1. The van der Waals surface area contributed by atoms with Crippen LogP contribution in [0.2, 0.25) is 0 Å². The fourth-order valence-electron chi connectivity index (χ4n) is 3.39. The molecule has 2 aromatic carbocycles. The van der Waals surface area contributed by atoms with Crippen molar-refractivity contribution in [3.63, 3.8) is 0 Å². The van der Waals surface area contributed by atoms with Crippen LogP contribution in [0.15, 0.2) is 64.8 Å². The van der Waals surface area contributed by atoms with Crippen LogP contribution in [0.4, 0.5) is 17.1 Å². The first kappa shape index (κ1) is 23.8. The highest BCUT2D eigenvalue weighted by molar-refractivity contribution is 5.90. The standard InChI is InChI=1S/C26H37N3O/c1-2-3-4-5-6-7-8-9-10-11-15-18-26(30)27-23-19-21-25(22-20-23)29-28-24-16-13-12-14-17-24/h12-14,16-17,19-22H,2-11,15,18H2,1H3,(H,27,30). The van der Waals surface area contributed by atoms with Gasteiger partial charge < -0.3 is 5.32 Å². The quantitative estimate of drug-likeness (QED) is 0.233. The maximum atomic E-state index is 12.1. The van der Waals surface area contributed by atoms with E-state index in [0.29, 0.717) is 6.42 Å². The van der Waals surface area contributed by atoms with Crippen molar-refractivity contribution in [3.05, 3.63) is 54.6 Å². The largest absolute Gasteiger partial charge is 0.326 e. The summed E-state index contributed by atoms with van der Waals surface area (Å²) in [4.78, 5) is 12.1. The van der Waals surface area contributed by atoms with Gasteiger partial charge in [0.2, 0.25) is 5.91 Å². The van der Waals surface area contributed by atoms with E-state index in [2.05, 4.69) is 22.5 Å². The maximum Gasteiger partial charge on any atom is 0.224 e. The third-order valence-corrected chi connectivity index (χ3v) is 5.20. The average molecular weight is 408 g/mol. The lowest BCUT2D eigenvalue weighted by Gasteiger charge is -2.06. The zero-order valence-corrected chi connectivity index (χ0v) is 18.5. The summed E-state index contributed by atoms with van der Waals surface area (Å²) in [6.07, 6.45) is 14.8. The summed E-state index contributed by atoms with van der Waals surface area (Å²) in [5.41, 5.74) is 2.39. The summed E-state index contributed by atoms with van der Waals surface area (Å²) in [6, 6.07) is 17.1. The number of azo groups is 1. The van der Waals surface area contributed by atoms with Crippen LogP contribution < -0.4 is 5.32 Å². The molecule has 0 spiro atoms. The SMILES string of the molecule is CCCCCCCCCCCCCC(=O)Nc1ccc(N=Nc2ccccc2)cc1. The summed E-state index contributed by atoms with van der Waals surface area (Å²) in [7, 11) is 0. The van der Waals surface area contributed by atoms with Crippen molar-refractivity contribution in [1.82, 2.24) is 0 Å². The van der Waals surface area contributed by atoms with Crippen LogP contribution in [0.3, 0.4) is 0 Å². The Balaban J connectivity index is 1.53. The van der Waals surface area contributed by atoms with E-state index in [1.54, 1.807) is 0 Å². The van der Waals surface area contributed by atoms with E-state index >= 15 is 0 Å². The molecule has 2 aromatic rings. The molecule has 162 valence electrons. The Hall–Kier alpha value is -2.49. The lowest BCUT2D eigenvalue weighted by molar-refractivity contribution is -0.116. The topological polar surface area (TPSA) is 53.8 Å². The predicted octanol–water partition coefficient (Wildman–Crippen LogP) is 8.74. The Morgan fingerprint density at radius 3 is 1.73 bits per heavy atom. The highest BCUT2D eigenvalue weighted by atomic mass is 16.1. The van der Waals surface area contributed by atoms with E-state index in [-0.39, 0.29) is 5.91 Å². The molecular formula is C26H37N3O. The molecule has 4 heteroatoms. The Kier molecular flexibility index (Phi) is 12.2. The van der Waals surface area contributed by atoms with E-state index < -0.39 is 0 Å². The first-order chi connectivity index (χ1) is 14.8. The van der Waals surface area contributed by atoms with E-state index in [9.17, 15) is 4.79 Å². The van der Waals surface area contributed by atoms with Gasteiger partial charge in [0, 0.05) is 12.1 Å². The van der Waals surface area contributed by atoms with Gasteiger partial charge in [0.25, 0.3) is 0 Å². The molecular weight excluding hydrogens is 370 g/mol. The summed E-state index contributed by atoms with van der Waals surface area (Å²) < 4.78 is 0. The first-order valence-electron chi connectivity index (χ1n) is 11.6. The molecule has 0 aliphatic carbocycles. The Labute approximate surface area is 182 Å². The molecule has 0 unspecified atom stereocenters. The molecule has 0 bridgehead atoms. The number of rotatable bonds is 15. The summed E-state index contributed by atoms with van der Waals surface area (Å²) in [5, 5.41) is 11.4. The number of carbonyl (C=O) groups excluding carboxylic acids is 1. The molecule has 30 heavy (non-hydrogen) atoms. The fourth-order valence-corrected chi connectivity index (χ4v) is 3.39. The molecule has 0 aliphatic heterocycles. The van der Waals surface area contributed by atoms with Gasteiger partial charge in [-0.1, -0.05) is 89.3 Å². The van der Waals surface area contributed by atoms with Gasteiger partial charge in [0.05, 0.1) is 11.4 Å². The monoisotopic (exact) mass is 407 g/mol. The van der Waals surface area contributed by atoms with Crippen LogP contribution >= 0.6 is 0 Å². The van der Waals surface area contributed by atoms with Gasteiger partial charge in [0.1, 0.15) is 0 Å². The fraction of sp³-hybridized carbons (Fsp3) is 0.500. The van der Waals surface area contributed by atoms with Crippen molar-refractivity contribution in [1.29, 1.82) is 0 Å². The van der Waals surface area contributed by atoms with Gasteiger partial charge in [-0.3, -0.25) is 4.79 Å². The maximum absolute atomic E-state index is 12.1. The lowest BCUT2D eigenvalue weighted by Crippen LogP contribution is -2.10. The third-order valence-electron chi connectivity index (χ3n) is 5.20. The number of anilines is 1. The molecule has 2 rings (SSSR count). The number of carbonyl (C=O) groups is 1. The van der Waals surface area contributed by atoms with Crippen LogP contribution in [0.25, 0.3) is 0 Å². The van der Waals surface area contributed by atoms with Crippen molar-refractivity contribution in [3.8, 4) is 0 Å². The molecule has 0 heterocycles. The van der Waals surface area contributed by atoms with E-state index in [0.717, 1.165) is 29.9 Å². The normalized spacial score (nSPS) is 11.1. The molecule has 0 aromatic heterocycles. The second kappa shape index (κ2) is 15.4. The zero-order chi connectivity index (χ0) is 21.3. The van der Waals surface area contributed by atoms with Crippen molar-refractivity contribution < 1.29 is 4.79 Å². The Morgan fingerprint density at radius 2 is 1.17 bits per heavy atom. The average Bonchev–Trinajstić information content (AvgIpc) is 2.78. The van der Waals surface area contributed by atoms with Crippen LogP contribution in [0, 0.1) is 0 Å². The number of benzene rings is 2. The minimum atomic E-state index is 0.0876. The lowest BCUT2D eigenvalue weighted by atomic mass is 10.1. The molecule has 0 saturated heterocycles. The molecule has 0 radical (unpaired) electrons. The van der Waals surface area contributed by atoms with Gasteiger partial charge in [-0.2, -0.15) is 10.2 Å². The van der Waals surface area contributed by atoms with Crippen molar-refractivity contribution >= 4 is 23.0 Å². The van der Waals surface area contributed by atoms with Gasteiger partial charge in [-0.15, -0.1) is 0 Å². The third kappa shape index (κ3) is 10.9. The highest BCUT2D eigenvalue weighted by Crippen LogP contribution is 2.20. The Bertz CT molecular complexity index is 726. The number of nitrogens with zero attached hydrogens (tertiary/aromatic N) is 2. The van der Waals surface area contributed by atoms with Gasteiger partial charge in [0.15, 0.2) is 0 Å². The zero-order valence-electron chi connectivity index (χ0n) is 18.5. The van der Waals surface area contributed by atoms with Gasteiger partial charge >= 0.3 is 0 Å². The first-order valence-corrected chi connectivity index (χ1v) is 11.6. The summed E-state index contributed by atoms with van der Waals surface area (Å²) in [6.45, 7) is 2.26. The van der Waals surface area contributed by atoms with Crippen molar-refractivity contribution in [2.75, 3.05) is 5.32 Å². The minimum absolute atomic E-state index is 0.0876. The van der Waals surface area contributed by atoms with Crippen LogP contribution in [0.1, 0.15) is 84.0 Å². The van der Waals surface area contributed by atoms with E-state index in [1.165, 1.54) is 57.8 Å². The van der Waals surface area contributed by atoms with E-state index in [4.69, 9.17) is 0 Å². The van der Waals surface area contributed by atoms with Crippen molar-refractivity contribution in [2.45, 2.75) is 84.0 Å². The number of nitrogens with one attached hydrogen (secondary N) is 1. The predicted molar refractivity (Wildman–Crippen MR) is 127 cm³/mol. The van der Waals surface area contributed by atoms with Crippen LogP contribution in [-0.2, 0) is 4.79 Å². The smallest absolute Gasteiger partial charge is 0.224 e. The van der Waals surface area contributed by atoms with Gasteiger partial charge in [-0.05, 0) is 42.8 Å². The minimum Gasteiger partial charge on any atom is -0.326 e. The van der Waals surface area contributed by atoms with Crippen LogP contribution in [0.5, 0.6) is 0 Å². The number of amides is 1. The van der Waals surface area contributed by atoms with Crippen molar-refractivity contribution in [2.24, 2.45) is 10.2 Å². The number of unbranched alkanes of at least 4 members (excludes halogenated alkanes) is 10. The highest BCUT2D eigenvalue weighted by Gasteiger charge is 2.02. The molecule has 4 nitrogen and oxygen atoms in total. The number of hydrogen-bond acceptors (Lipinski definition) is 3. The molecule has 0 atom stereocenters. The molecule has 0 aliphatic rings. The van der Waals surface area contributed by atoms with E-state index in [1.807, 2.05) is 54.6 Å². The Morgan fingerprint density at radius 1 is 0.667 bits per heavy atom. The van der Waals surface area contributed by atoms with Gasteiger partial charge in [-0.25, -0.2) is 0 Å². The summed E-state index contributed by atoms with van der Waals surface area (Å²) >= 11 is 0. The molecule has 0 fully saturated rings. The second-order valence-electron chi connectivity index (χ2n) is 7.92.